The molecule has 1 atom stereocenters. The van der Waals surface area contributed by atoms with Crippen molar-refractivity contribution in [2.75, 3.05) is 18.5 Å². The fraction of sp³-hybridized carbons (Fsp3) is 0.250. The van der Waals surface area contributed by atoms with Gasteiger partial charge in [0.2, 0.25) is 0 Å². The molecule has 0 bridgehead atoms. The van der Waals surface area contributed by atoms with Crippen molar-refractivity contribution in [2.24, 2.45) is 0 Å². The molecular weight excluding hydrogens is 375 g/mol. The second kappa shape index (κ2) is 8.35. The lowest BCUT2D eigenvalue weighted by molar-refractivity contribution is -0.137. The molecule has 10 heteroatoms. The highest BCUT2D eigenvalue weighted by Crippen LogP contribution is 2.33. The first kappa shape index (κ1) is 20.0. The van der Waals surface area contributed by atoms with Gasteiger partial charge in [0.05, 0.1) is 23.8 Å². The minimum atomic E-state index is -4.80. The number of alkyl halides is 3. The Morgan fingerprint density at radius 2 is 2.04 bits per heavy atom. The predicted octanol–water partition coefficient (Wildman–Crippen LogP) is 2.58. The minimum absolute atomic E-state index is 0.119. The third-order valence-electron chi connectivity index (χ3n) is 3.26. The van der Waals surface area contributed by atoms with Gasteiger partial charge < -0.3 is 20.8 Å². The zero-order valence-electron chi connectivity index (χ0n) is 13.2. The molecule has 6 nitrogen and oxygen atoms in total. The van der Waals surface area contributed by atoms with Crippen molar-refractivity contribution in [1.82, 2.24) is 10.3 Å². The van der Waals surface area contributed by atoms with E-state index in [1.807, 2.05) is 0 Å². The van der Waals surface area contributed by atoms with Gasteiger partial charge in [-0.3, -0.25) is 4.79 Å². The van der Waals surface area contributed by atoms with Gasteiger partial charge in [-0.25, -0.2) is 4.98 Å². The lowest BCUT2D eigenvalue weighted by atomic mass is 10.1. The average Bonchev–Trinajstić information content (AvgIpc) is 2.58. The van der Waals surface area contributed by atoms with Crippen molar-refractivity contribution in [2.45, 2.75) is 12.3 Å². The van der Waals surface area contributed by atoms with Gasteiger partial charge in [-0.05, 0) is 24.3 Å². The lowest BCUT2D eigenvalue weighted by Gasteiger charge is -2.15. The quantitative estimate of drug-likeness (QED) is 0.609. The molecule has 2 aromatic rings. The molecule has 26 heavy (non-hydrogen) atoms. The number of anilines is 2. The summed E-state index contributed by atoms with van der Waals surface area (Å²) < 4.78 is 39.9. The molecule has 1 unspecified atom stereocenters. The van der Waals surface area contributed by atoms with Gasteiger partial charge in [-0.1, -0.05) is 17.7 Å². The molecule has 0 aliphatic heterocycles. The van der Waals surface area contributed by atoms with E-state index in [-0.39, 0.29) is 5.82 Å². The topological polar surface area (TPSA) is 94.5 Å². The van der Waals surface area contributed by atoms with Gasteiger partial charge >= 0.3 is 6.18 Å². The van der Waals surface area contributed by atoms with E-state index in [0.717, 1.165) is 6.20 Å². The summed E-state index contributed by atoms with van der Waals surface area (Å²) in [6.07, 6.45) is -5.28. The molecule has 0 radical (unpaired) electrons. The van der Waals surface area contributed by atoms with Crippen molar-refractivity contribution >= 4 is 29.0 Å². The normalized spacial score (nSPS) is 12.5. The van der Waals surface area contributed by atoms with Crippen molar-refractivity contribution in [3.8, 4) is 0 Å². The SMILES string of the molecule is O=C(NCC(O)CO)c1cnc(Nc2cccc(Cl)c2)cc1C(F)(F)F. The number of amides is 1. The van der Waals surface area contributed by atoms with Crippen LogP contribution in [-0.4, -0.2) is 40.4 Å². The molecule has 0 saturated carbocycles. The Kier molecular flexibility index (Phi) is 6.41. The maximum atomic E-state index is 13.3. The zero-order chi connectivity index (χ0) is 19.3. The van der Waals surface area contributed by atoms with E-state index in [9.17, 15) is 23.1 Å². The highest BCUT2D eigenvalue weighted by Gasteiger charge is 2.36. The first-order chi connectivity index (χ1) is 12.2. The predicted molar refractivity (Wildman–Crippen MR) is 89.4 cm³/mol. The first-order valence-electron chi connectivity index (χ1n) is 7.37. The van der Waals surface area contributed by atoms with Crippen LogP contribution in [0, 0.1) is 0 Å². The van der Waals surface area contributed by atoms with Crippen LogP contribution in [0.25, 0.3) is 0 Å². The Bertz CT molecular complexity index is 787. The van der Waals surface area contributed by atoms with Crippen LogP contribution in [-0.2, 0) is 6.18 Å². The zero-order valence-corrected chi connectivity index (χ0v) is 14.0. The van der Waals surface area contributed by atoms with Crippen LogP contribution in [0.1, 0.15) is 15.9 Å². The van der Waals surface area contributed by atoms with E-state index in [1.165, 1.54) is 6.07 Å². The summed E-state index contributed by atoms with van der Waals surface area (Å²) in [4.78, 5) is 15.8. The number of rotatable bonds is 6. The van der Waals surface area contributed by atoms with Crippen molar-refractivity contribution in [3.63, 3.8) is 0 Å². The molecule has 0 aliphatic carbocycles. The standard InChI is InChI=1S/C16H15ClF3N3O3/c17-9-2-1-3-10(4-9)23-14-5-13(16(18,19)20)12(7-21-14)15(26)22-6-11(25)8-24/h1-5,7,11,24-25H,6,8H2,(H,21,23)(H,22,26). The van der Waals surface area contributed by atoms with Crippen LogP contribution < -0.4 is 10.6 Å². The number of aliphatic hydroxyl groups is 2. The number of nitrogens with zero attached hydrogens (tertiary/aromatic N) is 1. The number of aromatic nitrogens is 1. The fourth-order valence-corrected chi connectivity index (χ4v) is 2.21. The number of hydrogen-bond donors (Lipinski definition) is 4. The Labute approximate surface area is 151 Å². The molecule has 1 aromatic heterocycles. The number of carbonyl (C=O) groups excluding carboxylic acids is 1. The fourth-order valence-electron chi connectivity index (χ4n) is 2.02. The number of halogens is 4. The third-order valence-corrected chi connectivity index (χ3v) is 3.50. The average molecular weight is 390 g/mol. The third kappa shape index (κ3) is 5.32. The Morgan fingerprint density at radius 3 is 2.65 bits per heavy atom. The highest BCUT2D eigenvalue weighted by molar-refractivity contribution is 6.30. The lowest BCUT2D eigenvalue weighted by Crippen LogP contribution is -2.35. The van der Waals surface area contributed by atoms with Crippen LogP contribution in [0.15, 0.2) is 36.5 Å². The van der Waals surface area contributed by atoms with Gasteiger partial charge in [-0.2, -0.15) is 13.2 Å². The molecule has 0 saturated heterocycles. The Morgan fingerprint density at radius 1 is 1.31 bits per heavy atom. The summed E-state index contributed by atoms with van der Waals surface area (Å²) in [6, 6.07) is 7.03. The monoisotopic (exact) mass is 389 g/mol. The van der Waals surface area contributed by atoms with Gasteiger partial charge in [0.1, 0.15) is 5.82 Å². The van der Waals surface area contributed by atoms with Gasteiger partial charge in [0, 0.05) is 23.5 Å². The Balaban J connectivity index is 2.28. The van der Waals surface area contributed by atoms with Gasteiger partial charge in [0.15, 0.2) is 0 Å². The summed E-state index contributed by atoms with van der Waals surface area (Å²) in [5, 5.41) is 23.1. The molecule has 0 fully saturated rings. The van der Waals surface area contributed by atoms with Crippen LogP contribution in [0.2, 0.25) is 5.02 Å². The number of carbonyl (C=O) groups is 1. The first-order valence-corrected chi connectivity index (χ1v) is 7.75. The molecule has 1 heterocycles. The van der Waals surface area contributed by atoms with Crippen LogP contribution >= 0.6 is 11.6 Å². The summed E-state index contributed by atoms with van der Waals surface area (Å²) in [5.41, 5.74) is -1.45. The molecule has 0 spiro atoms. The largest absolute Gasteiger partial charge is 0.417 e. The maximum absolute atomic E-state index is 13.3. The number of nitrogens with one attached hydrogen (secondary N) is 2. The van der Waals surface area contributed by atoms with Crippen molar-refractivity contribution in [3.05, 3.63) is 52.7 Å². The van der Waals surface area contributed by atoms with E-state index in [4.69, 9.17) is 16.7 Å². The second-order valence-electron chi connectivity index (χ2n) is 5.29. The van der Waals surface area contributed by atoms with E-state index >= 15 is 0 Å². The number of hydrogen-bond acceptors (Lipinski definition) is 5. The molecule has 0 aliphatic rings. The molecule has 1 amide bonds. The van der Waals surface area contributed by atoms with Gasteiger partial charge in [-0.15, -0.1) is 0 Å². The highest BCUT2D eigenvalue weighted by atomic mass is 35.5. The van der Waals surface area contributed by atoms with Crippen molar-refractivity contribution < 1.29 is 28.2 Å². The van der Waals surface area contributed by atoms with E-state index in [2.05, 4.69) is 15.6 Å². The van der Waals surface area contributed by atoms with E-state index in [1.54, 1.807) is 18.2 Å². The van der Waals surface area contributed by atoms with E-state index in [0.29, 0.717) is 16.8 Å². The van der Waals surface area contributed by atoms with Crippen LogP contribution in [0.3, 0.4) is 0 Å². The smallest absolute Gasteiger partial charge is 0.394 e. The molecule has 140 valence electrons. The Hall–Kier alpha value is -2.36. The van der Waals surface area contributed by atoms with Gasteiger partial charge in [0.25, 0.3) is 5.91 Å². The van der Waals surface area contributed by atoms with Crippen LogP contribution in [0.4, 0.5) is 24.7 Å². The minimum Gasteiger partial charge on any atom is -0.394 e. The summed E-state index contributed by atoms with van der Waals surface area (Å²) in [6.45, 7) is -1.03. The molecule has 2 rings (SSSR count). The molecular formula is C16H15ClF3N3O3. The number of pyridine rings is 1. The molecule has 4 N–H and O–H groups in total. The maximum Gasteiger partial charge on any atom is 0.417 e. The van der Waals surface area contributed by atoms with E-state index < -0.39 is 42.5 Å². The number of benzene rings is 1. The number of aliphatic hydroxyl groups excluding tert-OH is 2. The summed E-state index contributed by atoms with van der Waals surface area (Å²) in [7, 11) is 0. The second-order valence-corrected chi connectivity index (χ2v) is 5.73. The summed E-state index contributed by atoms with van der Waals surface area (Å²) >= 11 is 5.82. The molecule has 1 aromatic carbocycles. The summed E-state index contributed by atoms with van der Waals surface area (Å²) in [5.74, 6) is -1.18. The van der Waals surface area contributed by atoms with Crippen LogP contribution in [0.5, 0.6) is 0 Å². The van der Waals surface area contributed by atoms with Crippen molar-refractivity contribution in [1.29, 1.82) is 0 Å².